The molecule has 5 nitrogen and oxygen atoms in total. The number of hydrogen-bond donors (Lipinski definition) is 1. The Labute approximate surface area is 111 Å². The highest BCUT2D eigenvalue weighted by Crippen LogP contribution is 2.16. The Bertz CT molecular complexity index is 463. The van der Waals surface area contributed by atoms with E-state index < -0.39 is 11.9 Å². The Morgan fingerprint density at radius 3 is 2.42 bits per heavy atom. The molecule has 0 spiro atoms. The zero-order valence-corrected chi connectivity index (χ0v) is 10.9. The van der Waals surface area contributed by atoms with Crippen molar-refractivity contribution in [2.24, 2.45) is 5.92 Å². The average molecular weight is 262 g/mol. The summed E-state index contributed by atoms with van der Waals surface area (Å²) in [7, 11) is 0. The summed E-state index contributed by atoms with van der Waals surface area (Å²) in [6.07, 6.45) is 1.58. The second-order valence-corrected chi connectivity index (χ2v) is 4.37. The fraction of sp³-hybridized carbons (Fsp3) is 0.286. The first kappa shape index (κ1) is 14.8. The molecule has 5 heteroatoms. The van der Waals surface area contributed by atoms with E-state index in [1.807, 2.05) is 0 Å². The number of carbonyl (C=O) groups is 2. The van der Waals surface area contributed by atoms with Crippen LogP contribution in [0.2, 0.25) is 0 Å². The van der Waals surface area contributed by atoms with Crippen LogP contribution >= 0.6 is 0 Å². The van der Waals surface area contributed by atoms with Crippen LogP contribution in [0.1, 0.15) is 13.8 Å². The van der Waals surface area contributed by atoms with Crippen molar-refractivity contribution >= 4 is 17.6 Å². The SMILES string of the molecule is CC(C)COc1ccc(NC(=O)/C=C/C(=O)[O-])cc1. The number of anilines is 1. The second-order valence-electron chi connectivity index (χ2n) is 4.37. The van der Waals surface area contributed by atoms with Gasteiger partial charge in [-0.2, -0.15) is 0 Å². The first-order valence-electron chi connectivity index (χ1n) is 5.90. The van der Waals surface area contributed by atoms with Gasteiger partial charge in [0.2, 0.25) is 5.91 Å². The molecule has 0 saturated carbocycles. The minimum Gasteiger partial charge on any atom is -0.545 e. The first-order valence-corrected chi connectivity index (χ1v) is 5.90. The van der Waals surface area contributed by atoms with Gasteiger partial charge < -0.3 is 20.0 Å². The van der Waals surface area contributed by atoms with E-state index in [0.29, 0.717) is 24.3 Å². The van der Waals surface area contributed by atoms with Crippen LogP contribution in [0.3, 0.4) is 0 Å². The van der Waals surface area contributed by atoms with Crippen molar-refractivity contribution in [3.05, 3.63) is 36.4 Å². The molecule has 0 unspecified atom stereocenters. The predicted molar refractivity (Wildman–Crippen MR) is 69.6 cm³/mol. The van der Waals surface area contributed by atoms with E-state index in [1.165, 1.54) is 0 Å². The standard InChI is InChI=1S/C14H17NO4/c1-10(2)9-19-12-5-3-11(4-6-12)15-13(16)7-8-14(17)18/h3-8,10H,9H2,1-2H3,(H,15,16)(H,17,18)/p-1/b8-7+. The Kier molecular flexibility index (Phi) is 5.60. The summed E-state index contributed by atoms with van der Waals surface area (Å²) in [5.41, 5.74) is 0.560. The quantitative estimate of drug-likeness (QED) is 0.775. The highest BCUT2D eigenvalue weighted by atomic mass is 16.5. The molecule has 0 aliphatic rings. The lowest BCUT2D eigenvalue weighted by molar-refractivity contribution is -0.297. The molecular formula is C14H16NO4-. The number of amides is 1. The number of ether oxygens (including phenoxy) is 1. The van der Waals surface area contributed by atoms with Crippen molar-refractivity contribution in [3.63, 3.8) is 0 Å². The van der Waals surface area contributed by atoms with Crippen LogP contribution < -0.4 is 15.2 Å². The van der Waals surface area contributed by atoms with E-state index in [0.717, 1.165) is 11.8 Å². The summed E-state index contributed by atoms with van der Waals surface area (Å²) in [6.45, 7) is 4.73. The molecule has 1 aromatic carbocycles. The minimum absolute atomic E-state index is 0.439. The molecule has 0 fully saturated rings. The van der Waals surface area contributed by atoms with Crippen molar-refractivity contribution in [3.8, 4) is 5.75 Å². The van der Waals surface area contributed by atoms with E-state index >= 15 is 0 Å². The molecule has 19 heavy (non-hydrogen) atoms. The average Bonchev–Trinajstić information content (AvgIpc) is 2.35. The molecular weight excluding hydrogens is 246 g/mol. The molecule has 1 N–H and O–H groups in total. The summed E-state index contributed by atoms with van der Waals surface area (Å²) in [6, 6.07) is 6.84. The van der Waals surface area contributed by atoms with Gasteiger partial charge in [-0.25, -0.2) is 0 Å². The van der Waals surface area contributed by atoms with Crippen molar-refractivity contribution in [2.75, 3.05) is 11.9 Å². The third kappa shape index (κ3) is 6.26. The molecule has 0 atom stereocenters. The number of carbonyl (C=O) groups excluding carboxylic acids is 2. The minimum atomic E-state index is -1.41. The third-order valence-corrected chi connectivity index (χ3v) is 2.08. The zero-order chi connectivity index (χ0) is 14.3. The summed E-state index contributed by atoms with van der Waals surface area (Å²) in [5.74, 6) is -0.779. The number of benzene rings is 1. The molecule has 0 radical (unpaired) electrons. The van der Waals surface area contributed by atoms with E-state index in [-0.39, 0.29) is 0 Å². The van der Waals surface area contributed by atoms with Crippen molar-refractivity contribution in [2.45, 2.75) is 13.8 Å². The molecule has 102 valence electrons. The van der Waals surface area contributed by atoms with Gasteiger partial charge in [0, 0.05) is 11.8 Å². The van der Waals surface area contributed by atoms with Crippen LogP contribution in [0.5, 0.6) is 5.75 Å². The van der Waals surface area contributed by atoms with Gasteiger partial charge >= 0.3 is 0 Å². The van der Waals surface area contributed by atoms with Crippen LogP contribution in [0.4, 0.5) is 5.69 Å². The monoisotopic (exact) mass is 262 g/mol. The molecule has 1 rings (SSSR count). The number of carboxylic acid groups (broad SMARTS) is 1. The molecule has 0 aromatic heterocycles. The Balaban J connectivity index is 2.52. The molecule has 0 heterocycles. The highest BCUT2D eigenvalue weighted by molar-refractivity contribution is 6.02. The van der Waals surface area contributed by atoms with Gasteiger partial charge in [0.15, 0.2) is 0 Å². The summed E-state index contributed by atoms with van der Waals surface area (Å²) < 4.78 is 5.49. The zero-order valence-electron chi connectivity index (χ0n) is 10.9. The van der Waals surface area contributed by atoms with Crippen molar-refractivity contribution < 1.29 is 19.4 Å². The van der Waals surface area contributed by atoms with Crippen LogP contribution in [0.25, 0.3) is 0 Å². The van der Waals surface area contributed by atoms with E-state index in [9.17, 15) is 14.7 Å². The number of aliphatic carboxylic acids is 1. The molecule has 0 aliphatic carbocycles. The lowest BCUT2D eigenvalue weighted by Gasteiger charge is -2.09. The maximum Gasteiger partial charge on any atom is 0.248 e. The highest BCUT2D eigenvalue weighted by Gasteiger charge is 2.00. The number of carboxylic acids is 1. The van der Waals surface area contributed by atoms with Crippen LogP contribution in [0.15, 0.2) is 36.4 Å². The smallest absolute Gasteiger partial charge is 0.248 e. The van der Waals surface area contributed by atoms with Gasteiger partial charge in [-0.05, 0) is 36.3 Å². The summed E-state index contributed by atoms with van der Waals surface area (Å²) in [5, 5.41) is 12.7. The van der Waals surface area contributed by atoms with Crippen LogP contribution in [-0.4, -0.2) is 18.5 Å². The Hall–Kier alpha value is -2.30. The van der Waals surface area contributed by atoms with Gasteiger partial charge in [0.25, 0.3) is 0 Å². The molecule has 1 amide bonds. The fourth-order valence-corrected chi connectivity index (χ4v) is 1.23. The van der Waals surface area contributed by atoms with Crippen LogP contribution in [0, 0.1) is 5.92 Å². The van der Waals surface area contributed by atoms with Gasteiger partial charge in [-0.15, -0.1) is 0 Å². The lowest BCUT2D eigenvalue weighted by Crippen LogP contribution is -2.20. The van der Waals surface area contributed by atoms with Crippen molar-refractivity contribution in [1.82, 2.24) is 0 Å². The number of hydrogen-bond acceptors (Lipinski definition) is 4. The lowest BCUT2D eigenvalue weighted by atomic mass is 10.2. The predicted octanol–water partition coefficient (Wildman–Crippen LogP) is 0.966. The maximum absolute atomic E-state index is 11.3. The maximum atomic E-state index is 11.3. The van der Waals surface area contributed by atoms with E-state index in [4.69, 9.17) is 4.74 Å². The Morgan fingerprint density at radius 2 is 1.89 bits per heavy atom. The van der Waals surface area contributed by atoms with E-state index in [2.05, 4.69) is 19.2 Å². The topological polar surface area (TPSA) is 78.5 Å². The largest absolute Gasteiger partial charge is 0.545 e. The van der Waals surface area contributed by atoms with Crippen molar-refractivity contribution in [1.29, 1.82) is 0 Å². The van der Waals surface area contributed by atoms with Gasteiger partial charge in [-0.1, -0.05) is 13.8 Å². The second kappa shape index (κ2) is 7.20. The fourth-order valence-electron chi connectivity index (χ4n) is 1.23. The summed E-state index contributed by atoms with van der Waals surface area (Å²) in [4.78, 5) is 21.4. The first-order chi connectivity index (χ1) is 8.97. The number of nitrogens with one attached hydrogen (secondary N) is 1. The van der Waals surface area contributed by atoms with Crippen LogP contribution in [-0.2, 0) is 9.59 Å². The molecule has 0 aliphatic heterocycles. The van der Waals surface area contributed by atoms with E-state index in [1.54, 1.807) is 24.3 Å². The van der Waals surface area contributed by atoms with Gasteiger partial charge in [0.05, 0.1) is 12.6 Å². The van der Waals surface area contributed by atoms with Gasteiger partial charge in [-0.3, -0.25) is 4.79 Å². The molecule has 0 bridgehead atoms. The number of rotatable bonds is 6. The third-order valence-electron chi connectivity index (χ3n) is 2.08. The van der Waals surface area contributed by atoms with Gasteiger partial charge in [0.1, 0.15) is 5.75 Å². The summed E-state index contributed by atoms with van der Waals surface area (Å²) >= 11 is 0. The Morgan fingerprint density at radius 1 is 1.26 bits per heavy atom. The molecule has 1 aromatic rings. The molecule has 0 saturated heterocycles. The normalized spacial score (nSPS) is 10.7.